The van der Waals surface area contributed by atoms with Crippen LogP contribution in [0.1, 0.15) is 24.8 Å². The predicted octanol–water partition coefficient (Wildman–Crippen LogP) is 3.78. The maximum atomic E-state index is 5.61. The van der Waals surface area contributed by atoms with E-state index in [4.69, 9.17) is 18.0 Å². The summed E-state index contributed by atoms with van der Waals surface area (Å²) in [5.74, 6) is 0. The van der Waals surface area contributed by atoms with Gasteiger partial charge in [0, 0.05) is 27.0 Å². The lowest BCUT2D eigenvalue weighted by Crippen LogP contribution is -2.40. The SMILES string of the molecule is CSC1(CNc2ccc(C(N)=S)cc2Br)CCC1. The molecule has 0 heterocycles. The number of rotatable bonds is 5. The van der Waals surface area contributed by atoms with Crippen molar-refractivity contribution >= 4 is 50.6 Å². The van der Waals surface area contributed by atoms with E-state index in [1.54, 1.807) is 0 Å². The minimum atomic E-state index is 0.432. The molecule has 0 spiro atoms. The van der Waals surface area contributed by atoms with Gasteiger partial charge in [-0.1, -0.05) is 18.6 Å². The lowest BCUT2D eigenvalue weighted by atomic mass is 9.84. The summed E-state index contributed by atoms with van der Waals surface area (Å²) >= 11 is 10.5. The van der Waals surface area contributed by atoms with Gasteiger partial charge in [-0.25, -0.2) is 0 Å². The highest BCUT2D eigenvalue weighted by atomic mass is 79.9. The first-order chi connectivity index (χ1) is 8.56. The second kappa shape index (κ2) is 5.80. The molecule has 0 amide bonds. The summed E-state index contributed by atoms with van der Waals surface area (Å²) in [4.78, 5) is 0.432. The molecular weight excluding hydrogens is 328 g/mol. The quantitative estimate of drug-likeness (QED) is 0.797. The highest BCUT2D eigenvalue weighted by molar-refractivity contribution is 9.10. The van der Waals surface area contributed by atoms with Gasteiger partial charge >= 0.3 is 0 Å². The Morgan fingerprint density at radius 3 is 2.72 bits per heavy atom. The third-order valence-electron chi connectivity index (χ3n) is 3.55. The Hall–Kier alpha value is -0.260. The zero-order chi connectivity index (χ0) is 13.2. The number of benzene rings is 1. The second-order valence-corrected chi connectivity index (χ2v) is 7.22. The molecule has 1 aliphatic rings. The van der Waals surface area contributed by atoms with E-state index in [2.05, 4.69) is 27.5 Å². The molecule has 0 saturated heterocycles. The van der Waals surface area contributed by atoms with Gasteiger partial charge in [-0.15, -0.1) is 0 Å². The van der Waals surface area contributed by atoms with Crippen molar-refractivity contribution in [2.24, 2.45) is 5.73 Å². The van der Waals surface area contributed by atoms with Crippen LogP contribution in [0.4, 0.5) is 5.69 Å². The highest BCUT2D eigenvalue weighted by Gasteiger charge is 2.35. The van der Waals surface area contributed by atoms with Crippen LogP contribution in [0, 0.1) is 0 Å². The lowest BCUT2D eigenvalue weighted by Gasteiger charge is -2.40. The largest absolute Gasteiger partial charge is 0.389 e. The molecule has 98 valence electrons. The Bertz CT molecular complexity index is 453. The van der Waals surface area contributed by atoms with Crippen LogP contribution in [0.5, 0.6) is 0 Å². The van der Waals surface area contributed by atoms with Crippen molar-refractivity contribution in [3.05, 3.63) is 28.2 Å². The van der Waals surface area contributed by atoms with E-state index in [0.717, 1.165) is 22.3 Å². The Morgan fingerprint density at radius 1 is 1.56 bits per heavy atom. The number of halogens is 1. The molecule has 2 nitrogen and oxygen atoms in total. The molecule has 0 bridgehead atoms. The molecule has 1 aromatic rings. The van der Waals surface area contributed by atoms with Crippen molar-refractivity contribution in [1.82, 2.24) is 0 Å². The first-order valence-corrected chi connectivity index (χ1v) is 8.37. The Labute approximate surface area is 126 Å². The number of anilines is 1. The fourth-order valence-corrected chi connectivity index (χ4v) is 3.65. The monoisotopic (exact) mass is 344 g/mol. The van der Waals surface area contributed by atoms with Crippen LogP contribution in [-0.2, 0) is 0 Å². The summed E-state index contributed by atoms with van der Waals surface area (Å²) in [6.45, 7) is 1.01. The Morgan fingerprint density at radius 2 is 2.28 bits per heavy atom. The molecule has 18 heavy (non-hydrogen) atoms. The Balaban J connectivity index is 2.03. The number of hydrogen-bond donors (Lipinski definition) is 2. The maximum absolute atomic E-state index is 5.61. The van der Waals surface area contributed by atoms with Gasteiger partial charge in [-0.05, 0) is 53.2 Å². The smallest absolute Gasteiger partial charge is 0.104 e. The molecule has 5 heteroatoms. The number of thiocarbonyl (C=S) groups is 1. The van der Waals surface area contributed by atoms with Crippen LogP contribution < -0.4 is 11.1 Å². The average molecular weight is 345 g/mol. The van der Waals surface area contributed by atoms with Gasteiger partial charge in [0.2, 0.25) is 0 Å². The summed E-state index contributed by atoms with van der Waals surface area (Å²) < 4.78 is 1.45. The lowest BCUT2D eigenvalue weighted by molar-refractivity contribution is 0.380. The van der Waals surface area contributed by atoms with Gasteiger partial charge in [0.05, 0.1) is 0 Å². The van der Waals surface area contributed by atoms with E-state index in [-0.39, 0.29) is 0 Å². The molecule has 0 aromatic heterocycles. The molecule has 1 aliphatic carbocycles. The standard InChI is InChI=1S/C13H17BrN2S2/c1-18-13(5-2-6-13)8-16-11-4-3-9(12(15)17)7-10(11)14/h3-4,7,16H,2,5-6,8H2,1H3,(H2,15,17). The van der Waals surface area contributed by atoms with Crippen LogP contribution in [0.2, 0.25) is 0 Å². The van der Waals surface area contributed by atoms with Crippen molar-refractivity contribution in [1.29, 1.82) is 0 Å². The van der Waals surface area contributed by atoms with Gasteiger partial charge in [0.1, 0.15) is 4.99 Å². The molecule has 0 radical (unpaired) electrons. The van der Waals surface area contributed by atoms with Crippen LogP contribution in [0.25, 0.3) is 0 Å². The average Bonchev–Trinajstić information content (AvgIpc) is 2.29. The summed E-state index contributed by atoms with van der Waals surface area (Å²) in [6.07, 6.45) is 6.17. The summed E-state index contributed by atoms with van der Waals surface area (Å²) in [7, 11) is 0. The molecule has 3 N–H and O–H groups in total. The van der Waals surface area contributed by atoms with Crippen molar-refractivity contribution in [3.63, 3.8) is 0 Å². The minimum Gasteiger partial charge on any atom is -0.389 e. The molecule has 1 aromatic carbocycles. The molecule has 2 rings (SSSR count). The van der Waals surface area contributed by atoms with Gasteiger partial charge in [-0.3, -0.25) is 0 Å². The van der Waals surface area contributed by atoms with Gasteiger partial charge < -0.3 is 11.1 Å². The predicted molar refractivity (Wildman–Crippen MR) is 88.6 cm³/mol. The van der Waals surface area contributed by atoms with E-state index in [1.807, 2.05) is 30.0 Å². The molecule has 0 atom stereocenters. The number of nitrogens with one attached hydrogen (secondary N) is 1. The van der Waals surface area contributed by atoms with Crippen LogP contribution >= 0.6 is 39.9 Å². The van der Waals surface area contributed by atoms with E-state index in [0.29, 0.717) is 9.74 Å². The van der Waals surface area contributed by atoms with Crippen LogP contribution in [-0.4, -0.2) is 22.5 Å². The Kier molecular flexibility index (Phi) is 4.56. The molecule has 0 aliphatic heterocycles. The highest BCUT2D eigenvalue weighted by Crippen LogP contribution is 2.43. The summed E-state index contributed by atoms with van der Waals surface area (Å²) in [5, 5.41) is 3.52. The first-order valence-electron chi connectivity index (χ1n) is 5.95. The van der Waals surface area contributed by atoms with Gasteiger partial charge in [0.15, 0.2) is 0 Å². The normalized spacial score (nSPS) is 17.0. The fraction of sp³-hybridized carbons (Fsp3) is 0.462. The second-order valence-electron chi connectivity index (χ2n) is 4.65. The van der Waals surface area contributed by atoms with Gasteiger partial charge in [0.25, 0.3) is 0 Å². The molecule has 0 unspecified atom stereocenters. The fourth-order valence-electron chi connectivity index (χ4n) is 2.09. The van der Waals surface area contributed by atoms with E-state index in [1.165, 1.54) is 19.3 Å². The third kappa shape index (κ3) is 3.00. The van der Waals surface area contributed by atoms with Crippen molar-refractivity contribution in [2.75, 3.05) is 18.1 Å². The zero-order valence-corrected chi connectivity index (χ0v) is 13.6. The maximum Gasteiger partial charge on any atom is 0.104 e. The number of hydrogen-bond acceptors (Lipinski definition) is 3. The van der Waals surface area contributed by atoms with Crippen LogP contribution in [0.3, 0.4) is 0 Å². The van der Waals surface area contributed by atoms with E-state index >= 15 is 0 Å². The molecule has 1 saturated carbocycles. The van der Waals surface area contributed by atoms with Crippen LogP contribution in [0.15, 0.2) is 22.7 Å². The zero-order valence-electron chi connectivity index (χ0n) is 10.3. The van der Waals surface area contributed by atoms with Gasteiger partial charge in [-0.2, -0.15) is 11.8 Å². The summed E-state index contributed by atoms with van der Waals surface area (Å²) in [6, 6.07) is 5.96. The van der Waals surface area contributed by atoms with Crippen molar-refractivity contribution < 1.29 is 0 Å². The molecule has 1 fully saturated rings. The first kappa shape index (κ1) is 14.2. The minimum absolute atomic E-state index is 0.432. The summed E-state index contributed by atoms with van der Waals surface area (Å²) in [5.41, 5.74) is 7.62. The topological polar surface area (TPSA) is 38.0 Å². The van der Waals surface area contributed by atoms with Crippen molar-refractivity contribution in [3.8, 4) is 0 Å². The van der Waals surface area contributed by atoms with E-state index in [9.17, 15) is 0 Å². The third-order valence-corrected chi connectivity index (χ3v) is 5.86. The van der Waals surface area contributed by atoms with E-state index < -0.39 is 0 Å². The number of nitrogens with two attached hydrogens (primary N) is 1. The van der Waals surface area contributed by atoms with Crippen molar-refractivity contribution in [2.45, 2.75) is 24.0 Å². The molecular formula is C13H17BrN2S2. The number of thioether (sulfide) groups is 1.